The standard InChI is InChI=1S/C21H24ClFN2O6S/c1-5-25(6-2)32(28,29)15-8-9-17(23)16(12-15)21(27)31-13(3)20(26)24-18-11-14(22)7-10-19(18)30-4/h7-13H,5-6H2,1-4H3,(H,24,26). The van der Waals surface area contributed by atoms with Gasteiger partial charge in [-0.05, 0) is 43.3 Å². The van der Waals surface area contributed by atoms with Crippen molar-refractivity contribution in [2.45, 2.75) is 31.8 Å². The molecule has 0 heterocycles. The Labute approximate surface area is 191 Å². The van der Waals surface area contributed by atoms with Crippen molar-refractivity contribution in [3.05, 3.63) is 52.8 Å². The molecule has 0 bridgehead atoms. The summed E-state index contributed by atoms with van der Waals surface area (Å²) in [5.74, 6) is -2.54. The van der Waals surface area contributed by atoms with Gasteiger partial charge in [0.25, 0.3) is 5.91 Å². The molecular formula is C21H24ClFN2O6S. The van der Waals surface area contributed by atoms with Gasteiger partial charge in [-0.3, -0.25) is 4.79 Å². The number of methoxy groups -OCH3 is 1. The summed E-state index contributed by atoms with van der Waals surface area (Å²) < 4.78 is 51.0. The SMILES string of the molecule is CCN(CC)S(=O)(=O)c1ccc(F)c(C(=O)OC(C)C(=O)Nc2cc(Cl)ccc2OC)c1. The number of hydrogen-bond donors (Lipinski definition) is 1. The average molecular weight is 487 g/mol. The van der Waals surface area contributed by atoms with Crippen LogP contribution < -0.4 is 10.1 Å². The minimum absolute atomic E-state index is 0.208. The molecule has 0 aliphatic carbocycles. The number of nitrogens with zero attached hydrogens (tertiary/aromatic N) is 1. The Morgan fingerprint density at radius 1 is 1.16 bits per heavy atom. The fourth-order valence-electron chi connectivity index (χ4n) is 2.82. The Morgan fingerprint density at radius 3 is 2.41 bits per heavy atom. The van der Waals surface area contributed by atoms with Gasteiger partial charge < -0.3 is 14.8 Å². The summed E-state index contributed by atoms with van der Waals surface area (Å²) in [6.45, 7) is 5.03. The highest BCUT2D eigenvalue weighted by molar-refractivity contribution is 7.89. The number of ether oxygens (including phenoxy) is 2. The molecule has 174 valence electrons. The summed E-state index contributed by atoms with van der Waals surface area (Å²) in [5.41, 5.74) is -0.343. The number of rotatable bonds is 9. The van der Waals surface area contributed by atoms with Crippen LogP contribution >= 0.6 is 11.6 Å². The van der Waals surface area contributed by atoms with Gasteiger partial charge in [-0.2, -0.15) is 4.31 Å². The minimum Gasteiger partial charge on any atom is -0.495 e. The van der Waals surface area contributed by atoms with E-state index in [4.69, 9.17) is 21.1 Å². The molecule has 0 saturated heterocycles. The Morgan fingerprint density at radius 2 is 1.81 bits per heavy atom. The number of sulfonamides is 1. The van der Waals surface area contributed by atoms with Crippen LogP contribution in [-0.4, -0.2) is 50.9 Å². The first-order chi connectivity index (χ1) is 15.0. The largest absolute Gasteiger partial charge is 0.495 e. The van der Waals surface area contributed by atoms with E-state index in [2.05, 4.69) is 5.32 Å². The summed E-state index contributed by atoms with van der Waals surface area (Å²) in [7, 11) is -2.51. The molecule has 0 aliphatic heterocycles. The quantitative estimate of drug-likeness (QED) is 0.542. The van der Waals surface area contributed by atoms with Crippen molar-refractivity contribution in [2.24, 2.45) is 0 Å². The van der Waals surface area contributed by atoms with Gasteiger partial charge in [0.1, 0.15) is 11.6 Å². The molecule has 0 aromatic heterocycles. The van der Waals surface area contributed by atoms with E-state index in [0.29, 0.717) is 10.8 Å². The second-order valence-corrected chi connectivity index (χ2v) is 8.99. The van der Waals surface area contributed by atoms with Crippen molar-refractivity contribution >= 4 is 39.2 Å². The molecule has 0 aliphatic rings. The number of halogens is 2. The van der Waals surface area contributed by atoms with Crippen LogP contribution in [-0.2, 0) is 19.6 Å². The van der Waals surface area contributed by atoms with Crippen LogP contribution in [0, 0.1) is 5.82 Å². The molecule has 32 heavy (non-hydrogen) atoms. The monoisotopic (exact) mass is 486 g/mol. The zero-order valence-electron chi connectivity index (χ0n) is 18.0. The highest BCUT2D eigenvalue weighted by atomic mass is 35.5. The van der Waals surface area contributed by atoms with Crippen molar-refractivity contribution in [1.29, 1.82) is 0 Å². The van der Waals surface area contributed by atoms with Crippen LogP contribution in [0.25, 0.3) is 0 Å². The van der Waals surface area contributed by atoms with Crippen molar-refractivity contribution in [3.63, 3.8) is 0 Å². The van der Waals surface area contributed by atoms with Crippen LogP contribution in [0.3, 0.4) is 0 Å². The van der Waals surface area contributed by atoms with E-state index in [9.17, 15) is 22.4 Å². The third-order valence-electron chi connectivity index (χ3n) is 4.57. The maximum Gasteiger partial charge on any atom is 0.341 e. The molecule has 0 radical (unpaired) electrons. The van der Waals surface area contributed by atoms with E-state index in [-0.39, 0.29) is 23.7 Å². The second kappa shape index (κ2) is 10.8. The maximum atomic E-state index is 14.3. The van der Waals surface area contributed by atoms with E-state index in [1.807, 2.05) is 0 Å². The molecule has 1 amide bonds. The van der Waals surface area contributed by atoms with Gasteiger partial charge in [0, 0.05) is 18.1 Å². The van der Waals surface area contributed by atoms with Crippen molar-refractivity contribution in [1.82, 2.24) is 4.31 Å². The molecule has 0 fully saturated rings. The van der Waals surface area contributed by atoms with Crippen molar-refractivity contribution in [2.75, 3.05) is 25.5 Å². The molecule has 11 heteroatoms. The lowest BCUT2D eigenvalue weighted by Gasteiger charge is -2.19. The van der Waals surface area contributed by atoms with E-state index < -0.39 is 39.4 Å². The van der Waals surface area contributed by atoms with Crippen LogP contribution in [0.15, 0.2) is 41.3 Å². The Kier molecular flexibility index (Phi) is 8.59. The summed E-state index contributed by atoms with van der Waals surface area (Å²) >= 11 is 5.93. The second-order valence-electron chi connectivity index (χ2n) is 6.61. The lowest BCUT2D eigenvalue weighted by atomic mass is 10.2. The zero-order chi connectivity index (χ0) is 24.1. The number of benzene rings is 2. The summed E-state index contributed by atoms with van der Waals surface area (Å²) in [6, 6.07) is 7.41. The number of carbonyl (C=O) groups is 2. The predicted molar refractivity (Wildman–Crippen MR) is 118 cm³/mol. The third kappa shape index (κ3) is 5.76. The molecule has 2 aromatic rings. The number of amides is 1. The van der Waals surface area contributed by atoms with Gasteiger partial charge in [0.2, 0.25) is 10.0 Å². The fourth-order valence-corrected chi connectivity index (χ4v) is 4.48. The smallest absolute Gasteiger partial charge is 0.341 e. The number of esters is 1. The lowest BCUT2D eigenvalue weighted by molar-refractivity contribution is -0.123. The van der Waals surface area contributed by atoms with Crippen molar-refractivity contribution < 1.29 is 31.9 Å². The van der Waals surface area contributed by atoms with Gasteiger partial charge in [-0.15, -0.1) is 0 Å². The molecule has 1 N–H and O–H groups in total. The maximum absolute atomic E-state index is 14.3. The first-order valence-corrected chi connectivity index (χ1v) is 11.5. The van der Waals surface area contributed by atoms with Crippen LogP contribution in [0.2, 0.25) is 5.02 Å². The predicted octanol–water partition coefficient (Wildman–Crippen LogP) is 3.70. The minimum atomic E-state index is -3.92. The van der Waals surface area contributed by atoms with Crippen LogP contribution in [0.1, 0.15) is 31.1 Å². The van der Waals surface area contributed by atoms with Gasteiger partial charge in [0.15, 0.2) is 6.10 Å². The third-order valence-corrected chi connectivity index (χ3v) is 6.85. The normalized spacial score (nSPS) is 12.3. The molecule has 8 nitrogen and oxygen atoms in total. The fraction of sp³-hybridized carbons (Fsp3) is 0.333. The summed E-state index contributed by atoms with van der Waals surface area (Å²) in [6.07, 6.45) is -1.33. The van der Waals surface area contributed by atoms with Gasteiger partial charge >= 0.3 is 5.97 Å². The van der Waals surface area contributed by atoms with Crippen LogP contribution in [0.4, 0.5) is 10.1 Å². The van der Waals surface area contributed by atoms with E-state index in [0.717, 1.165) is 18.2 Å². The highest BCUT2D eigenvalue weighted by Gasteiger charge is 2.27. The molecule has 1 atom stereocenters. The number of nitrogens with one attached hydrogen (secondary N) is 1. The van der Waals surface area contributed by atoms with E-state index in [1.165, 1.54) is 24.4 Å². The first-order valence-electron chi connectivity index (χ1n) is 9.70. The molecule has 0 spiro atoms. The Bertz CT molecular complexity index is 1110. The number of hydrogen-bond acceptors (Lipinski definition) is 6. The lowest BCUT2D eigenvalue weighted by Crippen LogP contribution is -2.31. The van der Waals surface area contributed by atoms with Gasteiger partial charge in [0.05, 0.1) is 23.3 Å². The zero-order valence-corrected chi connectivity index (χ0v) is 19.6. The van der Waals surface area contributed by atoms with E-state index >= 15 is 0 Å². The molecular weight excluding hydrogens is 463 g/mol. The average Bonchev–Trinajstić information content (AvgIpc) is 2.74. The molecule has 2 aromatic carbocycles. The number of anilines is 1. The topological polar surface area (TPSA) is 102 Å². The van der Waals surface area contributed by atoms with Gasteiger partial charge in [-0.1, -0.05) is 25.4 Å². The highest BCUT2D eigenvalue weighted by Crippen LogP contribution is 2.28. The first kappa shape index (κ1) is 25.6. The summed E-state index contributed by atoms with van der Waals surface area (Å²) in [5, 5.41) is 2.86. The van der Waals surface area contributed by atoms with E-state index in [1.54, 1.807) is 26.0 Å². The Hall–Kier alpha value is -2.69. The Balaban J connectivity index is 2.22. The molecule has 0 saturated carbocycles. The molecule has 1 unspecified atom stereocenters. The van der Waals surface area contributed by atoms with Gasteiger partial charge in [-0.25, -0.2) is 17.6 Å². The molecule has 2 rings (SSSR count). The summed E-state index contributed by atoms with van der Waals surface area (Å²) in [4.78, 5) is 24.7. The van der Waals surface area contributed by atoms with Crippen LogP contribution in [0.5, 0.6) is 5.75 Å². The van der Waals surface area contributed by atoms with Crippen molar-refractivity contribution in [3.8, 4) is 5.75 Å². The number of carbonyl (C=O) groups excluding carboxylic acids is 2.